The van der Waals surface area contributed by atoms with Crippen molar-refractivity contribution >= 4 is 5.97 Å². The first-order chi connectivity index (χ1) is 10.9. The van der Waals surface area contributed by atoms with Gasteiger partial charge in [-0.15, -0.1) is 0 Å². The van der Waals surface area contributed by atoms with Gasteiger partial charge in [-0.25, -0.2) is 4.79 Å². The summed E-state index contributed by atoms with van der Waals surface area (Å²) >= 11 is 0. The molecule has 0 aromatic heterocycles. The minimum Gasteiger partial charge on any atom is -0.507 e. The summed E-state index contributed by atoms with van der Waals surface area (Å²) in [5.41, 5.74) is 4.68. The summed E-state index contributed by atoms with van der Waals surface area (Å²) in [5.74, 6) is 0.0799. The molecule has 0 spiro atoms. The van der Waals surface area contributed by atoms with Gasteiger partial charge in [0.05, 0.1) is 7.11 Å². The van der Waals surface area contributed by atoms with E-state index in [1.165, 1.54) is 5.57 Å². The summed E-state index contributed by atoms with van der Waals surface area (Å²) in [6.07, 6.45) is 2.01. The van der Waals surface area contributed by atoms with Crippen LogP contribution in [-0.4, -0.2) is 29.9 Å². The lowest BCUT2D eigenvalue weighted by molar-refractivity contribution is 0.0533. The zero-order valence-corrected chi connectivity index (χ0v) is 14.2. The van der Waals surface area contributed by atoms with Crippen LogP contribution in [0.4, 0.5) is 0 Å². The van der Waals surface area contributed by atoms with E-state index in [0.717, 1.165) is 17.6 Å². The Morgan fingerprint density at radius 2 is 2.00 bits per heavy atom. The Kier molecular flexibility index (Phi) is 5.31. The largest absolute Gasteiger partial charge is 0.507 e. The SMILES string of the molecule is COc1c(C)c2c(c(O)c1C/C(C)=C(\C)CCCO)C(=O)OC2. The molecule has 1 aromatic carbocycles. The lowest BCUT2D eigenvalue weighted by Gasteiger charge is -2.17. The van der Waals surface area contributed by atoms with E-state index in [9.17, 15) is 9.90 Å². The van der Waals surface area contributed by atoms with E-state index < -0.39 is 5.97 Å². The molecule has 1 aliphatic heterocycles. The van der Waals surface area contributed by atoms with Crippen molar-refractivity contribution in [2.45, 2.75) is 46.6 Å². The minimum atomic E-state index is -0.483. The summed E-state index contributed by atoms with van der Waals surface area (Å²) in [7, 11) is 1.56. The second-order valence-electron chi connectivity index (χ2n) is 5.98. The van der Waals surface area contributed by atoms with Crippen LogP contribution in [0.5, 0.6) is 11.5 Å². The van der Waals surface area contributed by atoms with E-state index in [4.69, 9.17) is 14.6 Å². The molecule has 1 aliphatic rings. The number of fused-ring (bicyclic) bond motifs is 1. The lowest BCUT2D eigenvalue weighted by Crippen LogP contribution is -2.04. The normalized spacial score (nSPS) is 14.4. The van der Waals surface area contributed by atoms with Crippen LogP contribution in [0.3, 0.4) is 0 Å². The fourth-order valence-corrected chi connectivity index (χ4v) is 2.98. The third-order valence-corrected chi connectivity index (χ3v) is 4.53. The molecule has 5 nitrogen and oxygen atoms in total. The van der Waals surface area contributed by atoms with Crippen LogP contribution in [-0.2, 0) is 17.8 Å². The predicted molar refractivity (Wildman–Crippen MR) is 86.9 cm³/mol. The number of carbonyl (C=O) groups excluding carboxylic acids is 1. The van der Waals surface area contributed by atoms with Crippen molar-refractivity contribution in [1.29, 1.82) is 0 Å². The monoisotopic (exact) mass is 320 g/mol. The van der Waals surface area contributed by atoms with Crippen LogP contribution in [0.15, 0.2) is 11.1 Å². The van der Waals surface area contributed by atoms with Crippen LogP contribution in [0, 0.1) is 6.92 Å². The van der Waals surface area contributed by atoms with Crippen LogP contribution in [0.25, 0.3) is 0 Å². The third-order valence-electron chi connectivity index (χ3n) is 4.53. The summed E-state index contributed by atoms with van der Waals surface area (Å²) < 4.78 is 10.5. The Labute approximate surface area is 136 Å². The highest BCUT2D eigenvalue weighted by molar-refractivity contribution is 5.98. The van der Waals surface area contributed by atoms with Gasteiger partial charge < -0.3 is 19.7 Å². The van der Waals surface area contributed by atoms with Gasteiger partial charge in [-0.1, -0.05) is 11.1 Å². The molecule has 0 saturated heterocycles. The number of benzene rings is 1. The molecule has 1 aromatic rings. The number of cyclic esters (lactones) is 1. The van der Waals surface area contributed by atoms with E-state index >= 15 is 0 Å². The Bertz CT molecular complexity index is 658. The number of esters is 1. The number of ether oxygens (including phenoxy) is 2. The summed E-state index contributed by atoms with van der Waals surface area (Å²) in [5, 5.41) is 19.5. The van der Waals surface area contributed by atoms with Gasteiger partial charge in [0.15, 0.2) is 0 Å². The molecule has 0 fully saturated rings. The summed E-state index contributed by atoms with van der Waals surface area (Å²) in [6, 6.07) is 0. The molecule has 0 atom stereocenters. The van der Waals surface area contributed by atoms with Gasteiger partial charge in [-0.05, 0) is 39.2 Å². The molecule has 0 radical (unpaired) electrons. The van der Waals surface area contributed by atoms with E-state index in [1.807, 2.05) is 20.8 Å². The van der Waals surface area contributed by atoms with Crippen molar-refractivity contribution in [3.63, 3.8) is 0 Å². The highest BCUT2D eigenvalue weighted by Gasteiger charge is 2.32. The van der Waals surface area contributed by atoms with Crippen LogP contribution in [0.1, 0.15) is 53.7 Å². The molecule has 5 heteroatoms. The van der Waals surface area contributed by atoms with Crippen molar-refractivity contribution in [1.82, 2.24) is 0 Å². The van der Waals surface area contributed by atoms with Crippen LogP contribution >= 0.6 is 0 Å². The Morgan fingerprint density at radius 3 is 2.61 bits per heavy atom. The first-order valence-electron chi connectivity index (χ1n) is 7.76. The first kappa shape index (κ1) is 17.3. The molecule has 0 unspecified atom stereocenters. The maximum atomic E-state index is 11.9. The number of phenols is 1. The zero-order chi connectivity index (χ0) is 17.1. The molecule has 126 valence electrons. The molecule has 1 heterocycles. The quantitative estimate of drug-likeness (QED) is 0.622. The highest BCUT2D eigenvalue weighted by Crippen LogP contribution is 2.42. The van der Waals surface area contributed by atoms with Gasteiger partial charge >= 0.3 is 5.97 Å². The van der Waals surface area contributed by atoms with E-state index in [0.29, 0.717) is 29.7 Å². The number of rotatable bonds is 6. The fraction of sp³-hybridized carbons (Fsp3) is 0.500. The maximum absolute atomic E-state index is 11.9. The number of aromatic hydroxyl groups is 1. The molecular weight excluding hydrogens is 296 g/mol. The molecular formula is C18H24O5. The van der Waals surface area contributed by atoms with Crippen molar-refractivity contribution in [3.05, 3.63) is 33.4 Å². The zero-order valence-electron chi connectivity index (χ0n) is 14.2. The average Bonchev–Trinajstić information content (AvgIpc) is 2.92. The lowest BCUT2D eigenvalue weighted by atomic mass is 9.92. The number of allylic oxidation sites excluding steroid dienone is 2. The minimum absolute atomic E-state index is 0.0424. The number of methoxy groups -OCH3 is 1. The second-order valence-corrected chi connectivity index (χ2v) is 5.98. The molecule has 2 N–H and O–H groups in total. The van der Waals surface area contributed by atoms with Gasteiger partial charge in [-0.2, -0.15) is 0 Å². The summed E-state index contributed by atoms with van der Waals surface area (Å²) in [6.45, 7) is 6.22. The average molecular weight is 320 g/mol. The van der Waals surface area contributed by atoms with E-state index in [2.05, 4.69) is 0 Å². The number of aliphatic hydroxyl groups is 1. The van der Waals surface area contributed by atoms with Gasteiger partial charge in [0.25, 0.3) is 0 Å². The molecule has 0 amide bonds. The van der Waals surface area contributed by atoms with E-state index in [-0.39, 0.29) is 24.5 Å². The Hall–Kier alpha value is -2.01. The number of phenolic OH excluding ortho intramolecular Hbond substituents is 1. The fourth-order valence-electron chi connectivity index (χ4n) is 2.98. The van der Waals surface area contributed by atoms with Crippen molar-refractivity contribution in [3.8, 4) is 11.5 Å². The predicted octanol–water partition coefficient (Wildman–Crippen LogP) is 3.03. The van der Waals surface area contributed by atoms with Gasteiger partial charge in [0.1, 0.15) is 23.7 Å². The van der Waals surface area contributed by atoms with Crippen molar-refractivity contribution in [2.24, 2.45) is 0 Å². The number of hydrogen-bond acceptors (Lipinski definition) is 5. The van der Waals surface area contributed by atoms with Gasteiger partial charge in [0, 0.05) is 24.2 Å². The molecule has 0 bridgehead atoms. The van der Waals surface area contributed by atoms with Crippen LogP contribution in [0.2, 0.25) is 0 Å². The molecule has 0 saturated carbocycles. The molecule has 0 aliphatic carbocycles. The standard InChI is InChI=1S/C18H24O5/c1-10(6-5-7-19)11(2)8-13-16(20)15-14(9-23-18(15)21)12(3)17(13)22-4/h19-20H,5-9H2,1-4H3/b11-10+. The Morgan fingerprint density at radius 1 is 1.30 bits per heavy atom. The van der Waals surface area contributed by atoms with Crippen molar-refractivity contribution in [2.75, 3.05) is 13.7 Å². The highest BCUT2D eigenvalue weighted by atomic mass is 16.5. The van der Waals surface area contributed by atoms with Crippen molar-refractivity contribution < 1.29 is 24.5 Å². The second kappa shape index (κ2) is 7.04. The summed E-state index contributed by atoms with van der Waals surface area (Å²) in [4.78, 5) is 11.9. The topological polar surface area (TPSA) is 76.0 Å². The van der Waals surface area contributed by atoms with E-state index in [1.54, 1.807) is 7.11 Å². The molecule has 2 rings (SSSR count). The van der Waals surface area contributed by atoms with Gasteiger partial charge in [-0.3, -0.25) is 0 Å². The smallest absolute Gasteiger partial charge is 0.342 e. The maximum Gasteiger partial charge on any atom is 0.342 e. The third kappa shape index (κ3) is 3.20. The van der Waals surface area contributed by atoms with Crippen LogP contribution < -0.4 is 4.74 Å². The first-order valence-corrected chi connectivity index (χ1v) is 7.76. The number of carbonyl (C=O) groups is 1. The van der Waals surface area contributed by atoms with Gasteiger partial charge in [0.2, 0.25) is 0 Å². The number of hydrogen-bond donors (Lipinski definition) is 2. The molecule has 23 heavy (non-hydrogen) atoms. The number of aliphatic hydroxyl groups excluding tert-OH is 1. The Balaban J connectivity index is 2.48.